The van der Waals surface area contributed by atoms with Crippen LogP contribution in [-0.2, 0) is 0 Å². The summed E-state index contributed by atoms with van der Waals surface area (Å²) in [4.78, 5) is 7.94. The molecule has 0 fully saturated rings. The van der Waals surface area contributed by atoms with Crippen molar-refractivity contribution in [2.45, 2.75) is 6.92 Å². The number of hydrogen-bond acceptors (Lipinski definition) is 5. The Morgan fingerprint density at radius 1 is 1.29 bits per heavy atom. The predicted octanol–water partition coefficient (Wildman–Crippen LogP) is 1.45. The van der Waals surface area contributed by atoms with Gasteiger partial charge in [0.05, 0.1) is 12.8 Å². The van der Waals surface area contributed by atoms with Crippen molar-refractivity contribution in [1.82, 2.24) is 15.1 Å². The number of ether oxygens (including phenoxy) is 1. The van der Waals surface area contributed by atoms with E-state index < -0.39 is 0 Å². The molecule has 0 radical (unpaired) electrons. The highest BCUT2D eigenvalue weighted by molar-refractivity contribution is 5.52. The molecular formula is C9H9N3O2. The van der Waals surface area contributed by atoms with Crippen LogP contribution < -0.4 is 4.74 Å². The molecule has 0 spiro atoms. The summed E-state index contributed by atoms with van der Waals surface area (Å²) in [5.74, 6) is 1.12. The Morgan fingerprint density at radius 3 is 2.79 bits per heavy atom. The molecule has 2 aromatic rings. The van der Waals surface area contributed by atoms with Crippen LogP contribution in [0.15, 0.2) is 23.0 Å². The van der Waals surface area contributed by atoms with Gasteiger partial charge in [0, 0.05) is 12.1 Å². The van der Waals surface area contributed by atoms with E-state index in [1.807, 2.05) is 13.0 Å². The first-order valence-corrected chi connectivity index (χ1v) is 4.09. The van der Waals surface area contributed by atoms with Gasteiger partial charge in [0.25, 0.3) is 0 Å². The molecule has 0 aliphatic carbocycles. The van der Waals surface area contributed by atoms with Crippen LogP contribution in [0, 0.1) is 6.92 Å². The number of rotatable bonds is 2. The summed E-state index contributed by atoms with van der Waals surface area (Å²) in [5, 5.41) is 3.77. The lowest BCUT2D eigenvalue weighted by atomic mass is 10.3. The Hall–Kier alpha value is -1.91. The van der Waals surface area contributed by atoms with E-state index in [4.69, 9.17) is 9.26 Å². The zero-order valence-corrected chi connectivity index (χ0v) is 7.89. The number of hydrogen-bond donors (Lipinski definition) is 0. The van der Waals surface area contributed by atoms with E-state index in [1.54, 1.807) is 13.2 Å². The summed E-state index contributed by atoms with van der Waals surface area (Å²) in [6.45, 7) is 1.85. The molecule has 14 heavy (non-hydrogen) atoms. The first kappa shape index (κ1) is 8.68. The second-order valence-corrected chi connectivity index (χ2v) is 2.78. The summed E-state index contributed by atoms with van der Waals surface area (Å²) < 4.78 is 10.0. The summed E-state index contributed by atoms with van der Waals surface area (Å²) in [6, 6.07) is 3.50. The quantitative estimate of drug-likeness (QED) is 0.718. The molecule has 0 aliphatic heterocycles. The summed E-state index contributed by atoms with van der Waals surface area (Å²) in [6.07, 6.45) is 1.42. The Labute approximate surface area is 80.7 Å². The average molecular weight is 191 g/mol. The van der Waals surface area contributed by atoms with Crippen molar-refractivity contribution < 1.29 is 9.26 Å². The first-order valence-electron chi connectivity index (χ1n) is 4.09. The predicted molar refractivity (Wildman–Crippen MR) is 48.8 cm³/mol. The molecular weight excluding hydrogens is 182 g/mol. The van der Waals surface area contributed by atoms with Crippen molar-refractivity contribution in [2.75, 3.05) is 7.11 Å². The van der Waals surface area contributed by atoms with E-state index in [0.29, 0.717) is 17.3 Å². The Morgan fingerprint density at radius 2 is 2.14 bits per heavy atom. The minimum Gasteiger partial charge on any atom is -0.481 e. The Kier molecular flexibility index (Phi) is 2.14. The standard InChI is InChI=1S/C9H9N3O2/c1-6-3-8(14-12-6)7-4-9(13-2)11-5-10-7/h3-5H,1-2H3. The Bertz CT molecular complexity index is 439. The fourth-order valence-corrected chi connectivity index (χ4v) is 1.07. The van der Waals surface area contributed by atoms with Gasteiger partial charge in [0.15, 0.2) is 5.76 Å². The van der Waals surface area contributed by atoms with Gasteiger partial charge in [-0.05, 0) is 6.92 Å². The number of aryl methyl sites for hydroxylation is 1. The van der Waals surface area contributed by atoms with Crippen LogP contribution in [0.4, 0.5) is 0 Å². The van der Waals surface area contributed by atoms with Crippen molar-refractivity contribution in [3.8, 4) is 17.3 Å². The van der Waals surface area contributed by atoms with Crippen molar-refractivity contribution in [1.29, 1.82) is 0 Å². The SMILES string of the molecule is COc1cc(-c2cc(C)no2)ncn1. The zero-order chi connectivity index (χ0) is 9.97. The molecule has 2 rings (SSSR count). The highest BCUT2D eigenvalue weighted by Gasteiger charge is 2.06. The number of nitrogens with zero attached hydrogens (tertiary/aromatic N) is 3. The molecule has 0 aromatic carbocycles. The van der Waals surface area contributed by atoms with Gasteiger partial charge in [-0.2, -0.15) is 0 Å². The number of aromatic nitrogens is 3. The second kappa shape index (κ2) is 3.45. The van der Waals surface area contributed by atoms with Crippen LogP contribution in [0.2, 0.25) is 0 Å². The molecule has 0 bridgehead atoms. The van der Waals surface area contributed by atoms with Crippen LogP contribution >= 0.6 is 0 Å². The average Bonchev–Trinajstić information content (AvgIpc) is 2.65. The van der Waals surface area contributed by atoms with E-state index in [-0.39, 0.29) is 0 Å². The molecule has 2 heterocycles. The maximum atomic E-state index is 5.05. The molecule has 5 nitrogen and oxygen atoms in total. The van der Waals surface area contributed by atoms with Gasteiger partial charge in [0.2, 0.25) is 5.88 Å². The highest BCUT2D eigenvalue weighted by Crippen LogP contribution is 2.19. The minimum absolute atomic E-state index is 0.504. The van der Waals surface area contributed by atoms with Crippen molar-refractivity contribution in [3.05, 3.63) is 24.2 Å². The van der Waals surface area contributed by atoms with Crippen LogP contribution in [0.25, 0.3) is 11.5 Å². The molecule has 0 saturated heterocycles. The molecule has 0 aliphatic rings. The summed E-state index contributed by atoms with van der Waals surface area (Å²) >= 11 is 0. The van der Waals surface area contributed by atoms with Crippen LogP contribution in [0.5, 0.6) is 5.88 Å². The van der Waals surface area contributed by atoms with Crippen LogP contribution in [0.3, 0.4) is 0 Å². The third kappa shape index (κ3) is 1.56. The van der Waals surface area contributed by atoms with Crippen molar-refractivity contribution in [3.63, 3.8) is 0 Å². The van der Waals surface area contributed by atoms with Crippen molar-refractivity contribution in [2.24, 2.45) is 0 Å². The molecule has 0 amide bonds. The number of methoxy groups -OCH3 is 1. The lowest BCUT2D eigenvalue weighted by Crippen LogP contribution is -1.89. The summed E-state index contributed by atoms with van der Waals surface area (Å²) in [7, 11) is 1.55. The van der Waals surface area contributed by atoms with Gasteiger partial charge < -0.3 is 9.26 Å². The maximum Gasteiger partial charge on any atom is 0.216 e. The van der Waals surface area contributed by atoms with Gasteiger partial charge in [-0.3, -0.25) is 0 Å². The van der Waals surface area contributed by atoms with Crippen molar-refractivity contribution >= 4 is 0 Å². The van der Waals surface area contributed by atoms with Gasteiger partial charge >= 0.3 is 0 Å². The van der Waals surface area contributed by atoms with E-state index in [2.05, 4.69) is 15.1 Å². The van der Waals surface area contributed by atoms with E-state index >= 15 is 0 Å². The maximum absolute atomic E-state index is 5.05. The van der Waals surface area contributed by atoms with E-state index in [1.165, 1.54) is 6.33 Å². The van der Waals surface area contributed by atoms with Gasteiger partial charge in [-0.25, -0.2) is 9.97 Å². The molecule has 2 aromatic heterocycles. The monoisotopic (exact) mass is 191 g/mol. The highest BCUT2D eigenvalue weighted by atomic mass is 16.5. The topological polar surface area (TPSA) is 61.0 Å². The summed E-state index contributed by atoms with van der Waals surface area (Å²) in [5.41, 5.74) is 1.48. The third-order valence-corrected chi connectivity index (χ3v) is 1.73. The van der Waals surface area contributed by atoms with Crippen LogP contribution in [-0.4, -0.2) is 22.2 Å². The van der Waals surface area contributed by atoms with E-state index in [9.17, 15) is 0 Å². The minimum atomic E-state index is 0.504. The first-order chi connectivity index (χ1) is 6.79. The van der Waals surface area contributed by atoms with Gasteiger partial charge in [-0.1, -0.05) is 5.16 Å². The molecule has 72 valence electrons. The lowest BCUT2D eigenvalue weighted by molar-refractivity contribution is 0.395. The fourth-order valence-electron chi connectivity index (χ4n) is 1.07. The molecule has 5 heteroatoms. The smallest absolute Gasteiger partial charge is 0.216 e. The van der Waals surface area contributed by atoms with Gasteiger partial charge in [0.1, 0.15) is 12.0 Å². The van der Waals surface area contributed by atoms with Gasteiger partial charge in [-0.15, -0.1) is 0 Å². The third-order valence-electron chi connectivity index (χ3n) is 1.73. The second-order valence-electron chi connectivity index (χ2n) is 2.78. The van der Waals surface area contributed by atoms with Crippen LogP contribution in [0.1, 0.15) is 5.69 Å². The van der Waals surface area contributed by atoms with E-state index in [0.717, 1.165) is 5.69 Å². The lowest BCUT2D eigenvalue weighted by Gasteiger charge is -1.98. The molecule has 0 atom stereocenters. The normalized spacial score (nSPS) is 10.1. The molecule has 0 saturated carbocycles. The largest absolute Gasteiger partial charge is 0.481 e. The zero-order valence-electron chi connectivity index (χ0n) is 7.89. The fraction of sp³-hybridized carbons (Fsp3) is 0.222. The molecule has 0 unspecified atom stereocenters. The molecule has 0 N–H and O–H groups in total. The Balaban J connectivity index is 2.41.